The van der Waals surface area contributed by atoms with Crippen LogP contribution in [0.3, 0.4) is 0 Å². The van der Waals surface area contributed by atoms with E-state index in [-0.39, 0.29) is 18.6 Å². The van der Waals surface area contributed by atoms with Crippen LogP contribution in [-0.2, 0) is 16.0 Å². The van der Waals surface area contributed by atoms with E-state index in [9.17, 15) is 4.79 Å². The molecule has 1 aromatic rings. The Balaban J connectivity index is 1.54. The number of likely N-dealkylation sites (tertiary alicyclic amines) is 1. The van der Waals surface area contributed by atoms with Gasteiger partial charge in [0, 0.05) is 40.3 Å². The number of guanidine groups is 1. The Labute approximate surface area is 168 Å². The smallest absolute Gasteiger partial charge is 0.243 e. The third-order valence-corrected chi connectivity index (χ3v) is 5.66. The molecule has 0 aliphatic carbocycles. The Bertz CT molecular complexity index is 633. The molecule has 1 atom stereocenters. The molecule has 2 fully saturated rings. The van der Waals surface area contributed by atoms with Crippen molar-refractivity contribution in [1.82, 2.24) is 15.1 Å². The maximum Gasteiger partial charge on any atom is 0.243 e. The lowest BCUT2D eigenvalue weighted by atomic mass is 9.90. The van der Waals surface area contributed by atoms with E-state index in [4.69, 9.17) is 4.74 Å². The molecule has 0 aromatic heterocycles. The number of benzene rings is 1. The topological polar surface area (TPSA) is 57.2 Å². The number of nitrogens with one attached hydrogen (secondary N) is 1. The second-order valence-corrected chi connectivity index (χ2v) is 8.06. The van der Waals surface area contributed by atoms with Crippen molar-refractivity contribution >= 4 is 11.9 Å². The number of aliphatic imine (C=N–C) groups is 1. The molecule has 28 heavy (non-hydrogen) atoms. The van der Waals surface area contributed by atoms with Crippen LogP contribution in [-0.4, -0.2) is 74.7 Å². The summed E-state index contributed by atoms with van der Waals surface area (Å²) >= 11 is 0. The molecule has 0 radical (unpaired) electrons. The lowest BCUT2D eigenvalue weighted by molar-refractivity contribution is -0.127. The predicted octanol–water partition coefficient (Wildman–Crippen LogP) is 2.15. The molecular weight excluding hydrogens is 352 g/mol. The Hall–Kier alpha value is -2.08. The Kier molecular flexibility index (Phi) is 7.71. The first-order valence-electron chi connectivity index (χ1n) is 10.5. The molecule has 0 saturated carbocycles. The monoisotopic (exact) mass is 386 g/mol. The summed E-state index contributed by atoms with van der Waals surface area (Å²) in [6.07, 6.45) is 5.92. The molecule has 2 aliphatic rings. The van der Waals surface area contributed by atoms with E-state index in [0.717, 1.165) is 64.3 Å². The highest BCUT2D eigenvalue weighted by molar-refractivity contribution is 5.84. The van der Waals surface area contributed by atoms with Gasteiger partial charge in [0.1, 0.15) is 6.54 Å². The van der Waals surface area contributed by atoms with E-state index < -0.39 is 0 Å². The third kappa shape index (κ3) is 6.23. The maximum atomic E-state index is 12.0. The molecule has 0 spiro atoms. The molecular formula is C22H34N4O2. The lowest BCUT2D eigenvalue weighted by Gasteiger charge is -2.35. The summed E-state index contributed by atoms with van der Waals surface area (Å²) in [6.45, 7) is 3.75. The number of carbonyl (C=O) groups is 1. The molecule has 0 bridgehead atoms. The van der Waals surface area contributed by atoms with Gasteiger partial charge in [-0.2, -0.15) is 0 Å². The number of carbonyl (C=O) groups excluding carboxylic acids is 1. The summed E-state index contributed by atoms with van der Waals surface area (Å²) in [5, 5.41) is 3.47. The first-order chi connectivity index (χ1) is 13.6. The summed E-state index contributed by atoms with van der Waals surface area (Å²) in [5.74, 6) is 1.58. The van der Waals surface area contributed by atoms with Gasteiger partial charge in [0.2, 0.25) is 5.91 Å². The summed E-state index contributed by atoms with van der Waals surface area (Å²) in [4.78, 5) is 20.5. The van der Waals surface area contributed by atoms with Gasteiger partial charge >= 0.3 is 0 Å². The number of hydrogen-bond donors (Lipinski definition) is 1. The normalized spacial score (nSPS) is 21.0. The van der Waals surface area contributed by atoms with E-state index in [1.807, 2.05) is 0 Å². The summed E-state index contributed by atoms with van der Waals surface area (Å²) in [7, 11) is 3.54. The van der Waals surface area contributed by atoms with Gasteiger partial charge in [0.05, 0.1) is 6.10 Å². The number of nitrogens with zero attached hydrogens (tertiary/aromatic N) is 3. The Morgan fingerprint density at radius 3 is 2.61 bits per heavy atom. The first kappa shape index (κ1) is 20.6. The van der Waals surface area contributed by atoms with Crippen LogP contribution in [0.2, 0.25) is 0 Å². The molecule has 1 amide bonds. The molecule has 1 unspecified atom stereocenters. The largest absolute Gasteiger partial charge is 0.376 e. The molecule has 1 aromatic carbocycles. The van der Waals surface area contributed by atoms with Gasteiger partial charge in [-0.3, -0.25) is 4.79 Å². The molecule has 3 rings (SSSR count). The molecule has 154 valence electrons. The van der Waals surface area contributed by atoms with Crippen LogP contribution in [0.25, 0.3) is 0 Å². The van der Waals surface area contributed by atoms with Crippen LogP contribution in [0, 0.1) is 5.92 Å². The summed E-state index contributed by atoms with van der Waals surface area (Å²) in [5.41, 5.74) is 1.42. The zero-order valence-corrected chi connectivity index (χ0v) is 17.3. The van der Waals surface area contributed by atoms with E-state index in [1.54, 1.807) is 19.0 Å². The summed E-state index contributed by atoms with van der Waals surface area (Å²) in [6, 6.07) is 10.7. The van der Waals surface area contributed by atoms with Crippen LogP contribution in [0.15, 0.2) is 35.3 Å². The van der Waals surface area contributed by atoms with Crippen molar-refractivity contribution in [1.29, 1.82) is 0 Å². The predicted molar refractivity (Wildman–Crippen MR) is 112 cm³/mol. The number of likely N-dealkylation sites (N-methyl/N-ethyl adjacent to an activating group) is 1. The summed E-state index contributed by atoms with van der Waals surface area (Å²) < 4.78 is 5.73. The molecule has 1 N–H and O–H groups in total. The first-order valence-corrected chi connectivity index (χ1v) is 10.5. The van der Waals surface area contributed by atoms with Crippen LogP contribution in [0.5, 0.6) is 0 Å². The van der Waals surface area contributed by atoms with Crippen molar-refractivity contribution < 1.29 is 9.53 Å². The maximum absolute atomic E-state index is 12.0. The van der Waals surface area contributed by atoms with Crippen LogP contribution in [0.1, 0.15) is 31.2 Å². The fourth-order valence-corrected chi connectivity index (χ4v) is 3.86. The fraction of sp³-hybridized carbons (Fsp3) is 0.636. The average Bonchev–Trinajstić information content (AvgIpc) is 3.23. The number of hydrogen-bond acceptors (Lipinski definition) is 3. The minimum atomic E-state index is 0.0235. The van der Waals surface area contributed by atoms with Gasteiger partial charge in [0.25, 0.3) is 0 Å². The molecule has 2 heterocycles. The molecule has 6 nitrogen and oxygen atoms in total. The van der Waals surface area contributed by atoms with Crippen molar-refractivity contribution in [2.75, 3.05) is 46.9 Å². The highest BCUT2D eigenvalue weighted by Crippen LogP contribution is 2.22. The van der Waals surface area contributed by atoms with Crippen molar-refractivity contribution in [2.24, 2.45) is 10.9 Å². The number of amides is 1. The van der Waals surface area contributed by atoms with Gasteiger partial charge in [-0.25, -0.2) is 4.99 Å². The minimum Gasteiger partial charge on any atom is -0.376 e. The van der Waals surface area contributed by atoms with Gasteiger partial charge in [-0.15, -0.1) is 0 Å². The Morgan fingerprint density at radius 1 is 1.21 bits per heavy atom. The van der Waals surface area contributed by atoms with Gasteiger partial charge in [-0.05, 0) is 43.6 Å². The van der Waals surface area contributed by atoms with Gasteiger partial charge < -0.3 is 19.9 Å². The zero-order chi connectivity index (χ0) is 19.8. The van der Waals surface area contributed by atoms with Crippen LogP contribution in [0.4, 0.5) is 0 Å². The van der Waals surface area contributed by atoms with Crippen LogP contribution >= 0.6 is 0 Å². The van der Waals surface area contributed by atoms with E-state index in [2.05, 4.69) is 45.5 Å². The highest BCUT2D eigenvalue weighted by atomic mass is 16.5. The average molecular weight is 387 g/mol. The Morgan fingerprint density at radius 2 is 1.96 bits per heavy atom. The molecule has 2 saturated heterocycles. The highest BCUT2D eigenvalue weighted by Gasteiger charge is 2.23. The van der Waals surface area contributed by atoms with Gasteiger partial charge in [0.15, 0.2) is 5.96 Å². The molecule has 6 heteroatoms. The van der Waals surface area contributed by atoms with Crippen LogP contribution < -0.4 is 5.32 Å². The SMILES string of the molecule is CN(C)C(=O)CN=C(NCC1CCCO1)N1CCC(Cc2ccccc2)CC1. The second-order valence-electron chi connectivity index (χ2n) is 8.06. The minimum absolute atomic E-state index is 0.0235. The van der Waals surface area contributed by atoms with E-state index in [0.29, 0.717) is 5.92 Å². The number of rotatable bonds is 6. The van der Waals surface area contributed by atoms with Crippen molar-refractivity contribution in [2.45, 2.75) is 38.2 Å². The number of piperidine rings is 1. The quantitative estimate of drug-likeness (QED) is 0.601. The van der Waals surface area contributed by atoms with E-state index in [1.165, 1.54) is 5.56 Å². The van der Waals surface area contributed by atoms with Crippen molar-refractivity contribution in [3.63, 3.8) is 0 Å². The van der Waals surface area contributed by atoms with Crippen molar-refractivity contribution in [3.8, 4) is 0 Å². The zero-order valence-electron chi connectivity index (χ0n) is 17.3. The number of ether oxygens (including phenoxy) is 1. The van der Waals surface area contributed by atoms with E-state index >= 15 is 0 Å². The third-order valence-electron chi connectivity index (χ3n) is 5.66. The molecule has 2 aliphatic heterocycles. The lowest BCUT2D eigenvalue weighted by Crippen LogP contribution is -2.48. The van der Waals surface area contributed by atoms with Gasteiger partial charge in [-0.1, -0.05) is 30.3 Å². The fourth-order valence-electron chi connectivity index (χ4n) is 3.86. The van der Waals surface area contributed by atoms with Crippen molar-refractivity contribution in [3.05, 3.63) is 35.9 Å². The second kappa shape index (κ2) is 10.5. The standard InChI is InChI=1S/C22H34N4O2/c1-25(2)21(27)17-24-22(23-16-20-9-6-14-28-20)26-12-10-19(11-13-26)15-18-7-4-3-5-8-18/h3-5,7-8,19-20H,6,9-17H2,1-2H3,(H,23,24).